The quantitative estimate of drug-likeness (QED) is 0.305. The fraction of sp³-hybridized carbons (Fsp3) is 0.905. The zero-order chi connectivity index (χ0) is 19.8. The van der Waals surface area contributed by atoms with Gasteiger partial charge < -0.3 is 20.3 Å². The maximum absolute atomic E-state index is 12.8. The maximum atomic E-state index is 12.8. The highest BCUT2D eigenvalue weighted by atomic mass is 127. The summed E-state index contributed by atoms with van der Waals surface area (Å²) in [5.74, 6) is 1.51. The highest BCUT2D eigenvalue weighted by molar-refractivity contribution is 14.0. The van der Waals surface area contributed by atoms with E-state index in [-0.39, 0.29) is 29.9 Å². The molecule has 7 nitrogen and oxygen atoms in total. The second kappa shape index (κ2) is 12.9. The SMILES string of the molecule is CN=C(NCC1CCCN1CCOC)NC1CCN(C(=O)C2CCCCC2)C1.I. The lowest BCUT2D eigenvalue weighted by atomic mass is 9.88. The molecule has 0 bridgehead atoms. The molecule has 29 heavy (non-hydrogen) atoms. The highest BCUT2D eigenvalue weighted by Gasteiger charge is 2.32. The van der Waals surface area contributed by atoms with Crippen molar-refractivity contribution in [2.75, 3.05) is 53.5 Å². The smallest absolute Gasteiger partial charge is 0.225 e. The zero-order valence-electron chi connectivity index (χ0n) is 18.2. The van der Waals surface area contributed by atoms with Crippen molar-refractivity contribution in [1.29, 1.82) is 0 Å². The standard InChI is InChI=1S/C21H39N5O2.HI/c1-22-21(23-15-19-9-6-11-25(19)13-14-28-2)24-18-10-12-26(16-18)20(27)17-7-4-3-5-8-17;/h17-19H,3-16H2,1-2H3,(H2,22,23,24);1H. The van der Waals surface area contributed by atoms with Gasteiger partial charge in [-0.2, -0.15) is 0 Å². The summed E-state index contributed by atoms with van der Waals surface area (Å²) in [6.45, 7) is 5.52. The van der Waals surface area contributed by atoms with Gasteiger partial charge in [-0.05, 0) is 38.6 Å². The Labute approximate surface area is 193 Å². The Morgan fingerprint density at radius 2 is 1.90 bits per heavy atom. The summed E-state index contributed by atoms with van der Waals surface area (Å²) in [6.07, 6.45) is 9.36. The predicted octanol–water partition coefficient (Wildman–Crippen LogP) is 2.06. The van der Waals surface area contributed by atoms with Crippen LogP contribution >= 0.6 is 24.0 Å². The fourth-order valence-corrected chi connectivity index (χ4v) is 4.92. The first-order chi connectivity index (χ1) is 13.7. The molecule has 0 radical (unpaired) electrons. The normalized spacial score (nSPS) is 26.4. The Hall–Kier alpha value is -0.610. The summed E-state index contributed by atoms with van der Waals surface area (Å²) in [6, 6.07) is 0.841. The van der Waals surface area contributed by atoms with Crippen LogP contribution in [-0.4, -0.2) is 87.2 Å². The third-order valence-electron chi connectivity index (χ3n) is 6.61. The highest BCUT2D eigenvalue weighted by Crippen LogP contribution is 2.26. The van der Waals surface area contributed by atoms with Crippen LogP contribution in [0.1, 0.15) is 51.4 Å². The van der Waals surface area contributed by atoms with Gasteiger partial charge in [-0.3, -0.25) is 14.7 Å². The maximum Gasteiger partial charge on any atom is 0.225 e. The fourth-order valence-electron chi connectivity index (χ4n) is 4.92. The monoisotopic (exact) mass is 521 g/mol. The summed E-state index contributed by atoms with van der Waals surface area (Å²) >= 11 is 0. The lowest BCUT2D eigenvalue weighted by Gasteiger charge is -2.27. The number of ether oxygens (including phenoxy) is 1. The molecule has 2 atom stereocenters. The van der Waals surface area contributed by atoms with Gasteiger partial charge in [0.1, 0.15) is 0 Å². The van der Waals surface area contributed by atoms with Crippen LogP contribution in [0, 0.1) is 5.92 Å². The number of halogens is 1. The molecule has 3 fully saturated rings. The average molecular weight is 521 g/mol. The van der Waals surface area contributed by atoms with Gasteiger partial charge in [0.2, 0.25) is 5.91 Å². The van der Waals surface area contributed by atoms with Gasteiger partial charge in [-0.15, -0.1) is 24.0 Å². The number of guanidine groups is 1. The molecule has 1 amide bonds. The molecule has 168 valence electrons. The lowest BCUT2D eigenvalue weighted by Crippen LogP contribution is -2.49. The number of likely N-dealkylation sites (tertiary alicyclic amines) is 2. The Morgan fingerprint density at radius 1 is 1.10 bits per heavy atom. The minimum atomic E-state index is 0. The molecule has 0 aromatic rings. The van der Waals surface area contributed by atoms with Crippen molar-refractivity contribution in [1.82, 2.24) is 20.4 Å². The summed E-state index contributed by atoms with van der Waals surface area (Å²) in [4.78, 5) is 21.7. The van der Waals surface area contributed by atoms with E-state index in [9.17, 15) is 4.79 Å². The number of aliphatic imine (C=N–C) groups is 1. The average Bonchev–Trinajstić information content (AvgIpc) is 3.39. The molecule has 3 aliphatic rings. The summed E-state index contributed by atoms with van der Waals surface area (Å²) in [5.41, 5.74) is 0. The molecular weight excluding hydrogens is 481 g/mol. The van der Waals surface area contributed by atoms with Crippen LogP contribution in [0.25, 0.3) is 0 Å². The van der Waals surface area contributed by atoms with Gasteiger partial charge >= 0.3 is 0 Å². The van der Waals surface area contributed by atoms with Crippen LogP contribution in [0.4, 0.5) is 0 Å². The topological polar surface area (TPSA) is 69.2 Å². The molecule has 8 heteroatoms. The second-order valence-corrected chi connectivity index (χ2v) is 8.53. The number of carbonyl (C=O) groups excluding carboxylic acids is 1. The van der Waals surface area contributed by atoms with Crippen molar-refractivity contribution >= 4 is 35.8 Å². The van der Waals surface area contributed by atoms with E-state index in [1.807, 2.05) is 7.05 Å². The third-order valence-corrected chi connectivity index (χ3v) is 6.61. The Balaban J connectivity index is 0.00000300. The van der Waals surface area contributed by atoms with Gasteiger partial charge in [0.05, 0.1) is 6.61 Å². The molecule has 0 aromatic carbocycles. The van der Waals surface area contributed by atoms with Gasteiger partial charge in [0, 0.05) is 58.3 Å². The first-order valence-electron chi connectivity index (χ1n) is 11.2. The number of methoxy groups -OCH3 is 1. The van der Waals surface area contributed by atoms with Crippen LogP contribution in [0.15, 0.2) is 4.99 Å². The number of nitrogens with one attached hydrogen (secondary N) is 2. The third kappa shape index (κ3) is 7.24. The van der Waals surface area contributed by atoms with E-state index in [0.29, 0.717) is 18.0 Å². The van der Waals surface area contributed by atoms with E-state index in [0.717, 1.165) is 64.6 Å². The molecule has 0 aromatic heterocycles. The van der Waals surface area contributed by atoms with Crippen LogP contribution in [0.5, 0.6) is 0 Å². The van der Waals surface area contributed by atoms with E-state index in [2.05, 4.69) is 25.4 Å². The summed E-state index contributed by atoms with van der Waals surface area (Å²) < 4.78 is 5.23. The molecule has 2 N–H and O–H groups in total. The Kier molecular flexibility index (Phi) is 11.0. The lowest BCUT2D eigenvalue weighted by molar-refractivity contribution is -0.135. The van der Waals surface area contributed by atoms with Gasteiger partial charge in [-0.25, -0.2) is 0 Å². The van der Waals surface area contributed by atoms with Crippen LogP contribution in [0.2, 0.25) is 0 Å². The number of amides is 1. The molecule has 1 aliphatic carbocycles. The number of hydrogen-bond acceptors (Lipinski definition) is 4. The minimum absolute atomic E-state index is 0. The van der Waals surface area contributed by atoms with Crippen molar-refractivity contribution < 1.29 is 9.53 Å². The number of hydrogen-bond donors (Lipinski definition) is 2. The molecule has 2 saturated heterocycles. The van der Waals surface area contributed by atoms with Crippen LogP contribution < -0.4 is 10.6 Å². The van der Waals surface area contributed by atoms with Crippen molar-refractivity contribution in [3.63, 3.8) is 0 Å². The molecule has 2 unspecified atom stereocenters. The number of nitrogens with zero attached hydrogens (tertiary/aromatic N) is 3. The first kappa shape index (κ1) is 24.7. The van der Waals surface area contributed by atoms with E-state index in [4.69, 9.17) is 4.74 Å². The summed E-state index contributed by atoms with van der Waals surface area (Å²) in [7, 11) is 3.59. The number of carbonyl (C=O) groups is 1. The molecule has 1 saturated carbocycles. The molecular formula is C21H40IN5O2. The number of rotatable bonds is 7. The van der Waals surface area contributed by atoms with Gasteiger partial charge in [0.25, 0.3) is 0 Å². The zero-order valence-corrected chi connectivity index (χ0v) is 20.5. The van der Waals surface area contributed by atoms with Gasteiger partial charge in [-0.1, -0.05) is 19.3 Å². The van der Waals surface area contributed by atoms with E-state index in [1.165, 1.54) is 32.1 Å². The van der Waals surface area contributed by atoms with Crippen molar-refractivity contribution in [3.8, 4) is 0 Å². The molecule has 0 spiro atoms. The van der Waals surface area contributed by atoms with E-state index >= 15 is 0 Å². The van der Waals surface area contributed by atoms with Crippen LogP contribution in [0.3, 0.4) is 0 Å². The Morgan fingerprint density at radius 3 is 2.62 bits per heavy atom. The minimum Gasteiger partial charge on any atom is -0.383 e. The largest absolute Gasteiger partial charge is 0.383 e. The first-order valence-corrected chi connectivity index (χ1v) is 11.2. The molecule has 3 rings (SSSR count). The van der Waals surface area contributed by atoms with E-state index in [1.54, 1.807) is 7.11 Å². The van der Waals surface area contributed by atoms with Crippen molar-refractivity contribution in [3.05, 3.63) is 0 Å². The summed E-state index contributed by atoms with van der Waals surface area (Å²) in [5, 5.41) is 7.04. The van der Waals surface area contributed by atoms with Crippen LogP contribution in [-0.2, 0) is 9.53 Å². The van der Waals surface area contributed by atoms with Crippen molar-refractivity contribution in [2.45, 2.75) is 63.5 Å². The second-order valence-electron chi connectivity index (χ2n) is 8.53. The van der Waals surface area contributed by atoms with Crippen molar-refractivity contribution in [2.24, 2.45) is 10.9 Å². The molecule has 2 aliphatic heterocycles. The Bertz CT molecular complexity index is 527. The van der Waals surface area contributed by atoms with Gasteiger partial charge in [0.15, 0.2) is 5.96 Å². The molecule has 2 heterocycles. The predicted molar refractivity (Wildman–Crippen MR) is 128 cm³/mol. The van der Waals surface area contributed by atoms with E-state index < -0.39 is 0 Å².